The molecule has 3 fully saturated rings. The van der Waals surface area contributed by atoms with Gasteiger partial charge >= 0.3 is 0 Å². The summed E-state index contributed by atoms with van der Waals surface area (Å²) in [5, 5.41) is 4.88. The first-order valence-corrected chi connectivity index (χ1v) is 9.30. The third-order valence-corrected chi connectivity index (χ3v) is 7.44. The predicted molar refractivity (Wildman–Crippen MR) is 96.0 cm³/mol. The second-order valence-corrected chi connectivity index (χ2v) is 8.82. The number of nitrogens with zero attached hydrogens (tertiary/aromatic N) is 1. The van der Waals surface area contributed by atoms with Crippen LogP contribution in [0.2, 0.25) is 0 Å². The number of rotatable bonds is 3. The lowest BCUT2D eigenvalue weighted by Crippen LogP contribution is -2.55. The fourth-order valence-corrected chi connectivity index (χ4v) is 6.40. The monoisotopic (exact) mass is 300 g/mol. The molecule has 0 heterocycles. The van der Waals surface area contributed by atoms with Crippen molar-refractivity contribution in [1.82, 2.24) is 0 Å². The molecule has 0 aliphatic heterocycles. The van der Waals surface area contributed by atoms with E-state index in [1.165, 1.54) is 44.1 Å². The van der Waals surface area contributed by atoms with Gasteiger partial charge in [0.2, 0.25) is 0 Å². The highest BCUT2D eigenvalue weighted by atomic mass is 15.0. The molecule has 0 saturated heterocycles. The van der Waals surface area contributed by atoms with E-state index >= 15 is 0 Å². The van der Waals surface area contributed by atoms with Gasteiger partial charge in [0.05, 0.1) is 0 Å². The van der Waals surface area contributed by atoms with Crippen molar-refractivity contribution in [2.45, 2.75) is 64.8 Å². The molecule has 3 aliphatic carbocycles. The van der Waals surface area contributed by atoms with E-state index in [-0.39, 0.29) is 5.54 Å². The Balaban J connectivity index is 1.96. The van der Waals surface area contributed by atoms with E-state index in [1.807, 2.05) is 0 Å². The molecule has 0 bridgehead atoms. The molecule has 0 unspecified atom stereocenters. The highest BCUT2D eigenvalue weighted by molar-refractivity contribution is 5.22. The molecule has 0 radical (unpaired) electrons. The van der Waals surface area contributed by atoms with Crippen molar-refractivity contribution in [3.05, 3.63) is 29.6 Å². The van der Waals surface area contributed by atoms with Gasteiger partial charge in [-0.2, -0.15) is 7.05 Å². The lowest BCUT2D eigenvalue weighted by molar-refractivity contribution is -0.0507. The zero-order valence-corrected chi connectivity index (χ0v) is 15.1. The Morgan fingerprint density at radius 2 is 2.09 bits per heavy atom. The Morgan fingerprint density at radius 3 is 2.73 bits per heavy atom. The van der Waals surface area contributed by atoms with Crippen LogP contribution in [0.5, 0.6) is 0 Å². The Bertz CT molecular complexity index is 465. The summed E-state index contributed by atoms with van der Waals surface area (Å²) in [5.74, 6) is 4.89. The van der Waals surface area contributed by atoms with Gasteiger partial charge < -0.3 is 5.32 Å². The van der Waals surface area contributed by atoms with Gasteiger partial charge in [0.15, 0.2) is 0 Å². The fourth-order valence-electron chi connectivity index (χ4n) is 6.40. The Labute approximate surface area is 137 Å². The number of hydrogen-bond acceptors (Lipinski definition) is 0. The maximum Gasteiger partial charge on any atom is -0.0141 e. The van der Waals surface area contributed by atoms with E-state index in [4.69, 9.17) is 5.32 Å². The van der Waals surface area contributed by atoms with Crippen molar-refractivity contribution >= 4 is 0 Å². The SMILES string of the molecule is C=C(C)C[C@H]1C[C@H](C)[C@H]2CC[C@](C)([N-]C)[C@H]3CCC(=C)[C@@H]1[C@H]23. The summed E-state index contributed by atoms with van der Waals surface area (Å²) in [7, 11) is 2.05. The van der Waals surface area contributed by atoms with E-state index < -0.39 is 0 Å². The second kappa shape index (κ2) is 5.82. The molecule has 1 heteroatoms. The molecule has 0 N–H and O–H groups in total. The van der Waals surface area contributed by atoms with Crippen LogP contribution in [-0.4, -0.2) is 12.6 Å². The van der Waals surface area contributed by atoms with Crippen LogP contribution >= 0.6 is 0 Å². The molecule has 0 aromatic carbocycles. The third kappa shape index (κ3) is 2.50. The Hall–Kier alpha value is -0.560. The summed E-state index contributed by atoms with van der Waals surface area (Å²) in [4.78, 5) is 0. The number of hydrogen-bond donors (Lipinski definition) is 0. The van der Waals surface area contributed by atoms with E-state index in [2.05, 4.69) is 41.0 Å². The summed E-state index contributed by atoms with van der Waals surface area (Å²) in [6.45, 7) is 15.9. The van der Waals surface area contributed by atoms with Crippen molar-refractivity contribution in [2.75, 3.05) is 7.05 Å². The molecule has 0 spiro atoms. The zero-order valence-electron chi connectivity index (χ0n) is 15.1. The van der Waals surface area contributed by atoms with Crippen LogP contribution < -0.4 is 0 Å². The van der Waals surface area contributed by atoms with Crippen molar-refractivity contribution in [3.63, 3.8) is 0 Å². The van der Waals surface area contributed by atoms with E-state index in [9.17, 15) is 0 Å². The molecular weight excluding hydrogens is 266 g/mol. The van der Waals surface area contributed by atoms with E-state index in [1.54, 1.807) is 5.57 Å². The molecule has 1 nitrogen and oxygen atoms in total. The first kappa shape index (κ1) is 16.3. The topological polar surface area (TPSA) is 14.1 Å². The van der Waals surface area contributed by atoms with Crippen molar-refractivity contribution in [2.24, 2.45) is 35.5 Å². The minimum atomic E-state index is 0.213. The molecule has 3 saturated carbocycles. The van der Waals surface area contributed by atoms with Crippen molar-refractivity contribution in [3.8, 4) is 0 Å². The molecule has 7 atom stereocenters. The van der Waals surface area contributed by atoms with E-state index in [0.29, 0.717) is 0 Å². The smallest absolute Gasteiger partial charge is 0.0141 e. The fraction of sp³-hybridized carbons (Fsp3) is 0.810. The van der Waals surface area contributed by atoms with Crippen LogP contribution in [0, 0.1) is 35.5 Å². The number of allylic oxidation sites excluding steroid dienone is 2. The highest BCUT2D eigenvalue weighted by Crippen LogP contribution is 2.61. The first-order chi connectivity index (χ1) is 10.4. The van der Waals surface area contributed by atoms with Gasteiger partial charge in [-0.3, -0.25) is 0 Å². The minimum absolute atomic E-state index is 0.213. The Kier molecular flexibility index (Phi) is 4.31. The summed E-state index contributed by atoms with van der Waals surface area (Å²) in [5.41, 5.74) is 3.11. The summed E-state index contributed by atoms with van der Waals surface area (Å²) < 4.78 is 0. The van der Waals surface area contributed by atoms with Crippen molar-refractivity contribution < 1.29 is 0 Å². The summed E-state index contributed by atoms with van der Waals surface area (Å²) >= 11 is 0. The van der Waals surface area contributed by atoms with Crippen molar-refractivity contribution in [1.29, 1.82) is 0 Å². The Morgan fingerprint density at radius 1 is 1.36 bits per heavy atom. The quantitative estimate of drug-likeness (QED) is 0.569. The van der Waals surface area contributed by atoms with E-state index in [0.717, 1.165) is 35.5 Å². The summed E-state index contributed by atoms with van der Waals surface area (Å²) in [6, 6.07) is 0. The largest absolute Gasteiger partial charge is 0.659 e. The molecular formula is C21H34N-. The average molecular weight is 301 g/mol. The molecule has 124 valence electrons. The van der Waals surface area contributed by atoms with Gasteiger partial charge in [0.1, 0.15) is 0 Å². The molecule has 0 aromatic heterocycles. The van der Waals surface area contributed by atoms with Gasteiger partial charge in [0.25, 0.3) is 0 Å². The average Bonchev–Trinajstić information content (AvgIpc) is 2.45. The zero-order chi connectivity index (χ0) is 16.1. The summed E-state index contributed by atoms with van der Waals surface area (Å²) in [6.07, 6.45) is 7.79. The second-order valence-electron chi connectivity index (χ2n) is 8.82. The maximum atomic E-state index is 4.88. The van der Waals surface area contributed by atoms with Gasteiger partial charge in [-0.15, -0.1) is 12.1 Å². The van der Waals surface area contributed by atoms with Crippen LogP contribution in [0.4, 0.5) is 0 Å². The van der Waals surface area contributed by atoms with Crippen LogP contribution in [0.3, 0.4) is 0 Å². The minimum Gasteiger partial charge on any atom is -0.659 e. The van der Waals surface area contributed by atoms with Crippen LogP contribution in [0.25, 0.3) is 5.32 Å². The van der Waals surface area contributed by atoms with Crippen LogP contribution in [0.15, 0.2) is 24.3 Å². The standard InChI is InChI=1S/C21H34N/c1-13(2)11-16-12-15(4)17-9-10-21(5,22-6)18-8-7-14(3)19(16)20(17)18/h15-20H,1,3,7-12H2,2,4-6H3/q-1/t15-,16-,17+,18-,19-,20+,21-/m0/s1. The highest BCUT2D eigenvalue weighted by Gasteiger charge is 2.53. The van der Waals surface area contributed by atoms with Crippen LogP contribution in [-0.2, 0) is 0 Å². The molecule has 0 aromatic rings. The predicted octanol–water partition coefficient (Wildman–Crippen LogP) is 5.98. The first-order valence-electron chi connectivity index (χ1n) is 9.30. The van der Waals surface area contributed by atoms with Gasteiger partial charge in [-0.25, -0.2) is 0 Å². The van der Waals surface area contributed by atoms with Gasteiger partial charge in [-0.1, -0.05) is 50.3 Å². The molecule has 0 amide bonds. The van der Waals surface area contributed by atoms with Crippen LogP contribution in [0.1, 0.15) is 59.3 Å². The lowest BCUT2D eigenvalue weighted by Gasteiger charge is -2.65. The third-order valence-electron chi connectivity index (χ3n) is 7.44. The maximum absolute atomic E-state index is 4.88. The normalized spacial score (nSPS) is 47.9. The van der Waals surface area contributed by atoms with Gasteiger partial charge in [-0.05, 0) is 62.2 Å². The molecule has 3 rings (SSSR count). The molecule has 22 heavy (non-hydrogen) atoms. The molecule has 3 aliphatic rings. The van der Waals surface area contributed by atoms with Gasteiger partial charge in [0, 0.05) is 0 Å². The lowest BCUT2D eigenvalue weighted by atomic mass is 9.46.